The van der Waals surface area contributed by atoms with Crippen LogP contribution >= 0.6 is 0 Å². The Balaban J connectivity index is 0.00000498. The monoisotopic (exact) mass is 2000 g/mol. The first kappa shape index (κ1) is 79.3. The summed E-state index contributed by atoms with van der Waals surface area (Å²) < 4.78 is 4.51. The number of aromatic amines is 1. The minimum Gasteiger partial charge on any atom is -0.401 e. The maximum Gasteiger partial charge on any atom is 3.00 e. The fourth-order valence-electron chi connectivity index (χ4n) is 17.9. The van der Waals surface area contributed by atoms with Gasteiger partial charge in [0.2, 0.25) is 0 Å². The molecule has 23 rings (SSSR count). The number of aromatic nitrogens is 8. The Morgan fingerprint density at radius 3 is 1.18 bits per heavy atom. The van der Waals surface area contributed by atoms with E-state index in [0.29, 0.717) is 61.1 Å². The summed E-state index contributed by atoms with van der Waals surface area (Å²) in [4.78, 5) is 80.0. The van der Waals surface area contributed by atoms with Crippen LogP contribution < -0.4 is 26.4 Å². The molecule has 0 saturated carbocycles. The van der Waals surface area contributed by atoms with E-state index in [1.54, 1.807) is 23.4 Å². The maximum absolute atomic E-state index is 13.9. The molecule has 2 N–H and O–H groups in total. The predicted octanol–water partition coefficient (Wildman–Crippen LogP) is 22.7. The van der Waals surface area contributed by atoms with Gasteiger partial charge in [-0.05, 0) is 145 Å². The summed E-state index contributed by atoms with van der Waals surface area (Å²) in [5.41, 5.74) is 30.2. The Bertz CT molecular complexity index is 8220. The molecule has 1 atom stereocenters. The molecule has 14 aromatic carbocycles. The van der Waals surface area contributed by atoms with Gasteiger partial charge in [0.25, 0.3) is 5.56 Å². The van der Waals surface area contributed by atoms with Crippen LogP contribution in [0, 0.1) is 36.9 Å². The molecule has 7 aromatic heterocycles. The number of pyridine rings is 3. The summed E-state index contributed by atoms with van der Waals surface area (Å²) in [6.45, 7) is 0. The molecule has 0 spiro atoms. The summed E-state index contributed by atoms with van der Waals surface area (Å²) in [5.74, 6) is -0.117. The first-order valence-corrected chi connectivity index (χ1v) is 41.4. The van der Waals surface area contributed by atoms with Crippen molar-refractivity contribution in [1.82, 2.24) is 38.6 Å². The van der Waals surface area contributed by atoms with E-state index in [1.807, 2.05) is 170 Å². The van der Waals surface area contributed by atoms with E-state index < -0.39 is 6.17 Å². The molecule has 1 amide bonds. The first-order chi connectivity index (χ1) is 62.1. The van der Waals surface area contributed by atoms with Crippen molar-refractivity contribution in [3.05, 3.63) is 456 Å². The fourth-order valence-corrected chi connectivity index (χ4v) is 17.9. The van der Waals surface area contributed by atoms with Crippen molar-refractivity contribution in [2.24, 2.45) is 0 Å². The zero-order valence-corrected chi connectivity index (χ0v) is 72.5. The summed E-state index contributed by atoms with van der Waals surface area (Å²) in [7, 11) is 0. The number of rotatable bonds is 14. The number of nitrogens with one attached hydrogen (secondary N) is 2. The number of allylic oxidation sites excluding steroid dienone is 2. The van der Waals surface area contributed by atoms with E-state index in [9.17, 15) is 19.2 Å². The van der Waals surface area contributed by atoms with Crippen molar-refractivity contribution in [3.63, 3.8) is 0 Å². The third kappa shape index (κ3) is 14.2. The number of anilines is 1. The van der Waals surface area contributed by atoms with E-state index in [2.05, 4.69) is 235 Å². The topological polar surface area (TPSA) is 164 Å². The number of carbonyl (C=O) groups is 1. The third-order valence-electron chi connectivity index (χ3n) is 24.0. The van der Waals surface area contributed by atoms with Crippen LogP contribution in [0.25, 0.3) is 200 Å². The molecule has 16 heteroatoms. The van der Waals surface area contributed by atoms with E-state index in [-0.39, 0.29) is 62.8 Å². The molecule has 0 fully saturated rings. The quantitative estimate of drug-likeness (QED) is 0.0613. The number of H-pyrrole nitrogens is 1. The van der Waals surface area contributed by atoms with Gasteiger partial charge in [-0.1, -0.05) is 329 Å². The smallest absolute Gasteiger partial charge is 0.401 e. The van der Waals surface area contributed by atoms with Crippen LogP contribution in [-0.4, -0.2) is 50.7 Å². The van der Waals surface area contributed by atoms with Gasteiger partial charge in [0, 0.05) is 39.5 Å². The van der Waals surface area contributed by atoms with Crippen LogP contribution in [0.2, 0.25) is 0 Å². The van der Waals surface area contributed by atoms with Gasteiger partial charge in [-0.25, -0.2) is 0 Å². The predicted molar refractivity (Wildman–Crippen MR) is 499 cm³/mol. The van der Waals surface area contributed by atoms with Gasteiger partial charge in [0.1, 0.15) is 5.52 Å². The number of hydrogen-bond donors (Lipinski definition) is 2. The molecule has 0 radical (unpaired) electrons. The molecular formula is C112H65Ir2N10O4+. The summed E-state index contributed by atoms with van der Waals surface area (Å²) in [6, 6.07) is 127. The van der Waals surface area contributed by atoms with Crippen LogP contribution in [0.4, 0.5) is 5.69 Å². The van der Waals surface area contributed by atoms with E-state index in [0.717, 1.165) is 156 Å². The maximum atomic E-state index is 13.9. The van der Waals surface area contributed by atoms with Gasteiger partial charge < -0.3 is 33.4 Å². The second kappa shape index (κ2) is 33.0. The molecule has 2 aliphatic heterocycles. The van der Waals surface area contributed by atoms with Crippen molar-refractivity contribution in [2.45, 2.75) is 6.17 Å². The second-order valence-electron chi connectivity index (χ2n) is 31.4. The Hall–Kier alpha value is -15.9. The van der Waals surface area contributed by atoms with Gasteiger partial charge in [-0.15, -0.1) is 77.4 Å². The molecule has 2 aliphatic rings. The average Bonchev–Trinajstić information content (AvgIpc) is 0.763. The zero-order chi connectivity index (χ0) is 84.0. The number of fused-ring (bicyclic) bond motifs is 8. The Morgan fingerprint density at radius 2 is 0.727 bits per heavy atom. The van der Waals surface area contributed by atoms with Crippen LogP contribution in [0.5, 0.6) is 0 Å². The van der Waals surface area contributed by atoms with Gasteiger partial charge in [-0.3, -0.25) is 34.1 Å². The molecule has 9 heterocycles. The molecule has 0 saturated heterocycles. The van der Waals surface area contributed by atoms with E-state index in [1.165, 1.54) is 13.2 Å². The average molecular weight is 2000 g/mol. The molecule has 1 unspecified atom stereocenters. The number of amides is 1. The number of nitrogens with zero attached hydrogens (tertiary/aromatic N) is 8. The second-order valence-corrected chi connectivity index (χ2v) is 31.4. The minimum atomic E-state index is -0.457. The van der Waals surface area contributed by atoms with Crippen molar-refractivity contribution < 1.29 is 49.4 Å². The van der Waals surface area contributed by atoms with Crippen LogP contribution in [0.15, 0.2) is 391 Å². The Labute approximate surface area is 760 Å². The van der Waals surface area contributed by atoms with Gasteiger partial charge in [-0.2, -0.15) is 6.08 Å². The molecule has 14 nitrogen and oxygen atoms in total. The summed E-state index contributed by atoms with van der Waals surface area (Å²) in [5, 5.41) is 5.20. The molecule has 604 valence electrons. The third-order valence-corrected chi connectivity index (χ3v) is 24.0. The van der Waals surface area contributed by atoms with Crippen molar-refractivity contribution in [1.29, 1.82) is 0 Å². The summed E-state index contributed by atoms with van der Waals surface area (Å²) >= 11 is 0. The van der Waals surface area contributed by atoms with E-state index >= 15 is 0 Å². The molecule has 0 aliphatic carbocycles. The molecule has 128 heavy (non-hydrogen) atoms. The minimum absolute atomic E-state index is 0. The van der Waals surface area contributed by atoms with Crippen LogP contribution in [0.3, 0.4) is 0 Å². The number of carbonyl (C=O) groups excluding carboxylic acids is 1. The Morgan fingerprint density at radius 1 is 0.344 bits per heavy atom. The normalized spacial score (nSPS) is 12.8. The van der Waals surface area contributed by atoms with Crippen molar-refractivity contribution >= 4 is 66.8 Å². The zero-order valence-electron chi connectivity index (χ0n) is 67.8. The molecule has 0 bridgehead atoms. The van der Waals surface area contributed by atoms with Gasteiger partial charge in [0.15, 0.2) is 22.7 Å². The Kier molecular flexibility index (Phi) is 20.4. The number of benzene rings is 14. The van der Waals surface area contributed by atoms with Crippen molar-refractivity contribution in [3.8, 4) is 145 Å². The van der Waals surface area contributed by atoms with Crippen LogP contribution in [-0.2, 0) is 40.2 Å². The van der Waals surface area contributed by atoms with Gasteiger partial charge in [0.05, 0.1) is 28.9 Å². The first-order valence-electron chi connectivity index (χ1n) is 41.4. The van der Waals surface area contributed by atoms with Crippen molar-refractivity contribution in [2.75, 3.05) is 5.32 Å². The number of hydrogen-bond acceptors (Lipinski definition) is 9. The molecular weight excluding hydrogens is 1930 g/mol. The van der Waals surface area contributed by atoms with Crippen LogP contribution in [0.1, 0.15) is 15.9 Å². The largest absolute Gasteiger partial charge is 3.00 e. The fraction of sp³-hybridized carbons (Fsp3) is 0.00893. The van der Waals surface area contributed by atoms with E-state index in [4.69, 9.17) is 19.9 Å². The standard InChI is InChI=1S/C112H65N10O4.2Ir/c123-109-95-33-13-17-37-99(95)115-105-63-73(49-53-119(105)109)85-23-3-9-29-91(85)79-57-77(58-80(61-79)92-30-10-4-24-86(92)74-50-54-120-106(64-74)116-100-38-18-14-34-96(100)110(120)124)89-27-7-1-21-83(89)69-41-45-71(46-42-69)103-67-104(114-68-113-103)72-47-43-70(44-48-72)84-22-2-8-28-90(84)78-59-81(93-31-11-5-25-87(93)75-51-55-121-107(65-75)117-101-39-19-15-35-97(101)111(121)125)62-82(60-78)94-32-12-6-26-88(94)76-52-56-122-108(66-76)118-102-40-20-16-36-98(102)112(122)126;;/h1-45,47,49-52,57-68,105,115,117H;;/q-5;2*+3. The molecule has 21 aromatic rings. The number of para-hydroxylation sites is 4. The SMILES string of the molecule is O=C1c2ccccc2NC2C=C(c3ccccc3-c3cc(-c4ccccc4-c4c[c-]c(-c5cc(-c6[c-]cc(-c7ccccc7-c7cc(-c8ccccc8-c8c[c-]n9c(=O)c%10ccccc%10nc9c8)cc(-c8ccccc8-c8c[c-][n+]9c(=O)c%10ccccc%10[nH]c9c8)c7)cc6)ncn5)cc4)cc(-c4ccccc4-c4c[c-]n5c(=O)c6ccccc6nc5c4)c3)C=[C-]N12.[Ir+3].[Ir+3]. The van der Waals surface area contributed by atoms with Gasteiger partial charge >= 0.3 is 40.2 Å². The summed E-state index contributed by atoms with van der Waals surface area (Å²) in [6.07, 6.45) is 18.3.